The number of nitrogens with zero attached hydrogens (tertiary/aromatic N) is 3. The van der Waals surface area contributed by atoms with Crippen molar-refractivity contribution in [1.82, 2.24) is 15.5 Å². The molecule has 0 saturated carbocycles. The van der Waals surface area contributed by atoms with E-state index in [9.17, 15) is 0 Å². The third-order valence-electron chi connectivity index (χ3n) is 6.36. The number of aromatic nitrogens is 2. The lowest BCUT2D eigenvalue weighted by Crippen LogP contribution is -2.46. The van der Waals surface area contributed by atoms with Gasteiger partial charge >= 0.3 is 0 Å². The molecule has 1 atom stereocenters. The van der Waals surface area contributed by atoms with Crippen LogP contribution in [0, 0.1) is 13.8 Å². The van der Waals surface area contributed by atoms with Gasteiger partial charge in [-0.1, -0.05) is 72.7 Å². The molecular formula is C29H28N4OS. The van der Waals surface area contributed by atoms with Gasteiger partial charge in [-0.25, -0.2) is 0 Å². The van der Waals surface area contributed by atoms with Gasteiger partial charge < -0.3 is 9.84 Å². The summed E-state index contributed by atoms with van der Waals surface area (Å²) >= 11 is 5.87. The molecule has 6 heteroatoms. The zero-order chi connectivity index (χ0) is 24.5. The largest absolute Gasteiger partial charge is 0.351 e. The molecule has 2 heterocycles. The molecule has 0 fully saturated rings. The smallest absolute Gasteiger partial charge is 0.258 e. The number of hydrogen-bond donors (Lipinski definition) is 1. The van der Waals surface area contributed by atoms with Crippen LogP contribution in [-0.4, -0.2) is 15.3 Å². The molecule has 1 aliphatic heterocycles. The van der Waals surface area contributed by atoms with Gasteiger partial charge in [0.05, 0.1) is 11.6 Å². The van der Waals surface area contributed by atoms with E-state index < -0.39 is 0 Å². The zero-order valence-corrected chi connectivity index (χ0v) is 21.2. The van der Waals surface area contributed by atoms with Gasteiger partial charge in [-0.05, 0) is 73.8 Å². The Kier molecular flexibility index (Phi) is 6.22. The molecule has 0 saturated heterocycles. The van der Waals surface area contributed by atoms with Crippen LogP contribution in [0.1, 0.15) is 48.0 Å². The Morgan fingerprint density at radius 2 is 1.63 bits per heavy atom. The van der Waals surface area contributed by atoms with Crippen LogP contribution in [0.5, 0.6) is 0 Å². The number of hydrogen-bond acceptors (Lipinski definition) is 4. The van der Waals surface area contributed by atoms with Crippen LogP contribution in [0.3, 0.4) is 0 Å². The van der Waals surface area contributed by atoms with Crippen molar-refractivity contribution in [1.29, 1.82) is 0 Å². The molecule has 35 heavy (non-hydrogen) atoms. The van der Waals surface area contributed by atoms with Gasteiger partial charge in [-0.15, -0.1) is 0 Å². The van der Waals surface area contributed by atoms with Gasteiger partial charge in [0, 0.05) is 16.9 Å². The van der Waals surface area contributed by atoms with E-state index in [1.807, 2.05) is 30.3 Å². The second-order valence-corrected chi connectivity index (χ2v) is 9.33. The van der Waals surface area contributed by atoms with E-state index in [4.69, 9.17) is 21.7 Å². The second-order valence-electron chi connectivity index (χ2n) is 8.95. The van der Waals surface area contributed by atoms with Crippen LogP contribution in [0.4, 0.5) is 5.69 Å². The van der Waals surface area contributed by atoms with Gasteiger partial charge in [-0.2, -0.15) is 4.98 Å². The van der Waals surface area contributed by atoms with Crippen LogP contribution >= 0.6 is 12.2 Å². The highest BCUT2D eigenvalue weighted by Crippen LogP contribution is 2.39. The fourth-order valence-corrected chi connectivity index (χ4v) is 5.01. The van der Waals surface area contributed by atoms with Crippen molar-refractivity contribution >= 4 is 28.6 Å². The van der Waals surface area contributed by atoms with Crippen LogP contribution in [0.25, 0.3) is 17.0 Å². The Morgan fingerprint density at radius 3 is 2.29 bits per heavy atom. The molecule has 0 amide bonds. The van der Waals surface area contributed by atoms with Crippen molar-refractivity contribution < 1.29 is 4.52 Å². The highest BCUT2D eigenvalue weighted by molar-refractivity contribution is 7.80. The van der Waals surface area contributed by atoms with Crippen molar-refractivity contribution in [2.75, 3.05) is 4.90 Å². The van der Waals surface area contributed by atoms with Gasteiger partial charge in [0.2, 0.25) is 5.82 Å². The predicted molar refractivity (Wildman–Crippen MR) is 145 cm³/mol. The SMILES string of the molecule is CCc1ccc(-c2noc(C3=C(C)N(c4cc(C)cc(C)c4)C(=S)NC3c3ccccc3)n2)cc1. The number of benzene rings is 3. The lowest BCUT2D eigenvalue weighted by atomic mass is 9.94. The van der Waals surface area contributed by atoms with E-state index >= 15 is 0 Å². The molecule has 3 aromatic carbocycles. The maximum atomic E-state index is 5.88. The van der Waals surface area contributed by atoms with Crippen LogP contribution in [0.15, 0.2) is 83.0 Å². The monoisotopic (exact) mass is 480 g/mol. The Bertz CT molecular complexity index is 1390. The van der Waals surface area contributed by atoms with Crippen molar-refractivity contribution in [2.24, 2.45) is 0 Å². The molecule has 0 spiro atoms. The van der Waals surface area contributed by atoms with Gasteiger partial charge in [-0.3, -0.25) is 4.90 Å². The average Bonchev–Trinajstić information content (AvgIpc) is 3.33. The fraction of sp³-hybridized carbons (Fsp3) is 0.207. The van der Waals surface area contributed by atoms with Gasteiger partial charge in [0.15, 0.2) is 5.11 Å². The van der Waals surface area contributed by atoms with E-state index in [0.29, 0.717) is 16.8 Å². The average molecular weight is 481 g/mol. The fourth-order valence-electron chi connectivity index (χ4n) is 4.65. The molecule has 176 valence electrons. The molecule has 4 aromatic rings. The summed E-state index contributed by atoms with van der Waals surface area (Å²) in [7, 11) is 0. The quantitative estimate of drug-likeness (QED) is 0.318. The Labute approximate surface area is 211 Å². The van der Waals surface area contributed by atoms with E-state index in [-0.39, 0.29) is 6.04 Å². The predicted octanol–water partition coefficient (Wildman–Crippen LogP) is 6.78. The zero-order valence-electron chi connectivity index (χ0n) is 20.4. The van der Waals surface area contributed by atoms with Gasteiger partial charge in [0.25, 0.3) is 5.89 Å². The van der Waals surface area contributed by atoms with Crippen LogP contribution < -0.4 is 10.2 Å². The molecule has 5 nitrogen and oxygen atoms in total. The van der Waals surface area contributed by atoms with Gasteiger partial charge in [0.1, 0.15) is 0 Å². The molecule has 1 aliphatic rings. The second kappa shape index (κ2) is 9.47. The topological polar surface area (TPSA) is 54.2 Å². The molecule has 1 unspecified atom stereocenters. The number of aryl methyl sites for hydroxylation is 3. The first-order valence-corrected chi connectivity index (χ1v) is 12.2. The third-order valence-corrected chi connectivity index (χ3v) is 6.66. The number of rotatable bonds is 5. The first-order chi connectivity index (χ1) is 16.9. The number of thiocarbonyl (C=S) groups is 1. The minimum absolute atomic E-state index is 0.207. The summed E-state index contributed by atoms with van der Waals surface area (Å²) in [6, 6.07) is 24.7. The van der Waals surface area contributed by atoms with E-state index in [1.54, 1.807) is 0 Å². The number of allylic oxidation sites excluding steroid dienone is 1. The Hall–Kier alpha value is -3.77. The minimum atomic E-state index is -0.207. The summed E-state index contributed by atoms with van der Waals surface area (Å²) in [5.74, 6) is 1.05. The van der Waals surface area contributed by atoms with E-state index in [1.165, 1.54) is 16.7 Å². The summed E-state index contributed by atoms with van der Waals surface area (Å²) in [5.41, 5.74) is 8.52. The first kappa shape index (κ1) is 23.0. The van der Waals surface area contributed by atoms with Crippen molar-refractivity contribution in [3.05, 3.63) is 107 Å². The Morgan fingerprint density at radius 1 is 0.943 bits per heavy atom. The first-order valence-electron chi connectivity index (χ1n) is 11.8. The maximum Gasteiger partial charge on any atom is 0.258 e. The van der Waals surface area contributed by atoms with Crippen LogP contribution in [-0.2, 0) is 6.42 Å². The normalized spacial score (nSPS) is 15.9. The minimum Gasteiger partial charge on any atom is -0.351 e. The summed E-state index contributed by atoms with van der Waals surface area (Å²) in [6.45, 7) is 8.40. The van der Waals surface area contributed by atoms with Crippen molar-refractivity contribution in [2.45, 2.75) is 40.2 Å². The molecule has 1 N–H and O–H groups in total. The van der Waals surface area contributed by atoms with E-state index in [2.05, 4.69) is 85.5 Å². The number of nitrogens with one attached hydrogen (secondary N) is 1. The molecular weight excluding hydrogens is 452 g/mol. The van der Waals surface area contributed by atoms with Crippen molar-refractivity contribution in [3.8, 4) is 11.4 Å². The lowest BCUT2D eigenvalue weighted by molar-refractivity contribution is 0.404. The highest BCUT2D eigenvalue weighted by atomic mass is 32.1. The summed E-state index contributed by atoms with van der Waals surface area (Å²) in [4.78, 5) is 6.89. The molecule has 1 aromatic heterocycles. The number of anilines is 1. The molecule has 5 rings (SSSR count). The molecule has 0 radical (unpaired) electrons. The standard InChI is InChI=1S/C29H28N4OS/c1-5-21-11-13-23(14-12-21)27-31-28(34-32-27)25-20(4)33(24-16-18(2)15-19(3)17-24)29(35)30-26(25)22-9-7-6-8-10-22/h6-17,26H,5H2,1-4H3,(H,30,35). The third kappa shape index (κ3) is 4.49. The summed E-state index contributed by atoms with van der Waals surface area (Å²) in [6.07, 6.45) is 0.989. The van der Waals surface area contributed by atoms with Crippen molar-refractivity contribution in [3.63, 3.8) is 0 Å². The molecule has 0 aliphatic carbocycles. The lowest BCUT2D eigenvalue weighted by Gasteiger charge is -2.37. The molecule has 0 bridgehead atoms. The highest BCUT2D eigenvalue weighted by Gasteiger charge is 2.34. The summed E-state index contributed by atoms with van der Waals surface area (Å²) in [5, 5.41) is 8.50. The van der Waals surface area contributed by atoms with E-state index in [0.717, 1.165) is 34.5 Å². The Balaban J connectivity index is 1.64. The summed E-state index contributed by atoms with van der Waals surface area (Å²) < 4.78 is 5.88. The van der Waals surface area contributed by atoms with Crippen LogP contribution in [0.2, 0.25) is 0 Å². The maximum absolute atomic E-state index is 5.88.